The van der Waals surface area contributed by atoms with E-state index in [9.17, 15) is 0 Å². The van der Waals surface area contributed by atoms with E-state index in [4.69, 9.17) is 4.74 Å². The van der Waals surface area contributed by atoms with E-state index in [-0.39, 0.29) is 6.10 Å². The van der Waals surface area contributed by atoms with Crippen LogP contribution in [-0.2, 0) is 11.2 Å². The van der Waals surface area contributed by atoms with Crippen LogP contribution in [0.4, 0.5) is 0 Å². The van der Waals surface area contributed by atoms with Gasteiger partial charge >= 0.3 is 0 Å². The first-order valence-corrected chi connectivity index (χ1v) is 9.22. The lowest BCUT2D eigenvalue weighted by Crippen LogP contribution is -2.43. The summed E-state index contributed by atoms with van der Waals surface area (Å²) in [7, 11) is 5.98. The topological polar surface area (TPSA) is 48.9 Å². The third-order valence-electron chi connectivity index (χ3n) is 4.01. The lowest BCUT2D eigenvalue weighted by molar-refractivity contribution is 0.0548. The molecule has 0 aliphatic carbocycles. The summed E-state index contributed by atoms with van der Waals surface area (Å²) in [5.74, 6) is 0.832. The molecular formula is C20H36N4O. The fourth-order valence-corrected chi connectivity index (χ4v) is 2.85. The van der Waals surface area contributed by atoms with Gasteiger partial charge in [-0.1, -0.05) is 29.3 Å². The van der Waals surface area contributed by atoms with Crippen LogP contribution in [0.2, 0.25) is 0 Å². The Labute approximate surface area is 153 Å². The highest BCUT2D eigenvalue weighted by atomic mass is 16.5. The summed E-state index contributed by atoms with van der Waals surface area (Å²) in [5.41, 5.74) is 3.99. The highest BCUT2D eigenvalue weighted by molar-refractivity contribution is 5.79. The van der Waals surface area contributed by atoms with E-state index in [1.807, 2.05) is 14.0 Å². The van der Waals surface area contributed by atoms with Gasteiger partial charge in [-0.2, -0.15) is 0 Å². The van der Waals surface area contributed by atoms with Crippen molar-refractivity contribution in [1.82, 2.24) is 15.5 Å². The molecule has 0 amide bonds. The Hall–Kier alpha value is -1.59. The number of hydrogen-bond donors (Lipinski definition) is 2. The van der Waals surface area contributed by atoms with Gasteiger partial charge in [-0.15, -0.1) is 0 Å². The van der Waals surface area contributed by atoms with Crippen LogP contribution >= 0.6 is 0 Å². The summed E-state index contributed by atoms with van der Waals surface area (Å²) in [4.78, 5) is 6.49. The van der Waals surface area contributed by atoms with Crippen molar-refractivity contribution in [3.05, 3.63) is 34.9 Å². The van der Waals surface area contributed by atoms with Crippen LogP contribution in [-0.4, -0.2) is 64.3 Å². The maximum atomic E-state index is 5.82. The quantitative estimate of drug-likeness (QED) is 0.503. The fourth-order valence-electron chi connectivity index (χ4n) is 2.85. The van der Waals surface area contributed by atoms with Crippen molar-refractivity contribution in [2.75, 3.05) is 47.4 Å². The number of nitrogens with one attached hydrogen (secondary N) is 2. The van der Waals surface area contributed by atoms with E-state index in [1.54, 1.807) is 0 Å². The molecule has 0 aromatic heterocycles. The summed E-state index contributed by atoms with van der Waals surface area (Å²) < 4.78 is 5.82. The van der Waals surface area contributed by atoms with Gasteiger partial charge in [0.2, 0.25) is 0 Å². The van der Waals surface area contributed by atoms with Gasteiger partial charge in [-0.05, 0) is 53.3 Å². The maximum absolute atomic E-state index is 5.82. The highest BCUT2D eigenvalue weighted by Gasteiger charge is 2.10. The highest BCUT2D eigenvalue weighted by Crippen LogP contribution is 2.09. The van der Waals surface area contributed by atoms with Crippen LogP contribution < -0.4 is 10.6 Å². The number of guanidine groups is 1. The first kappa shape index (κ1) is 21.5. The molecule has 1 aromatic rings. The summed E-state index contributed by atoms with van der Waals surface area (Å²) in [6.07, 6.45) is 2.19. The molecule has 142 valence electrons. The first-order valence-electron chi connectivity index (χ1n) is 9.22. The van der Waals surface area contributed by atoms with E-state index in [1.165, 1.54) is 16.7 Å². The fraction of sp³-hybridized carbons (Fsp3) is 0.650. The van der Waals surface area contributed by atoms with Gasteiger partial charge in [0.1, 0.15) is 0 Å². The molecule has 25 heavy (non-hydrogen) atoms. The lowest BCUT2D eigenvalue weighted by Gasteiger charge is -2.21. The van der Waals surface area contributed by atoms with Crippen LogP contribution in [0.25, 0.3) is 0 Å². The Kier molecular flexibility index (Phi) is 10.2. The number of ether oxygens (including phenoxy) is 1. The Morgan fingerprint density at radius 2 is 1.84 bits per heavy atom. The van der Waals surface area contributed by atoms with Gasteiger partial charge in [0.05, 0.1) is 6.10 Å². The van der Waals surface area contributed by atoms with Gasteiger partial charge in [0, 0.05) is 33.3 Å². The van der Waals surface area contributed by atoms with Crippen molar-refractivity contribution in [3.63, 3.8) is 0 Å². The number of rotatable bonds is 10. The average molecular weight is 349 g/mol. The van der Waals surface area contributed by atoms with Gasteiger partial charge in [-0.3, -0.25) is 4.99 Å². The Morgan fingerprint density at radius 1 is 1.16 bits per heavy atom. The second-order valence-electron chi connectivity index (χ2n) is 6.80. The zero-order valence-corrected chi connectivity index (χ0v) is 16.9. The summed E-state index contributed by atoms with van der Waals surface area (Å²) in [6.45, 7) is 9.71. The molecule has 0 fully saturated rings. The lowest BCUT2D eigenvalue weighted by atomic mass is 10.1. The summed E-state index contributed by atoms with van der Waals surface area (Å²) >= 11 is 0. The van der Waals surface area contributed by atoms with E-state index >= 15 is 0 Å². The number of nitrogens with zero attached hydrogens (tertiary/aromatic N) is 2. The van der Waals surface area contributed by atoms with Crippen LogP contribution in [0.1, 0.15) is 30.0 Å². The molecule has 1 aromatic carbocycles. The summed E-state index contributed by atoms with van der Waals surface area (Å²) in [6, 6.07) is 6.70. The van der Waals surface area contributed by atoms with E-state index in [0.717, 1.165) is 45.0 Å². The molecule has 0 aliphatic rings. The molecule has 0 heterocycles. The molecule has 2 N–H and O–H groups in total. The van der Waals surface area contributed by atoms with Crippen molar-refractivity contribution in [3.8, 4) is 0 Å². The molecule has 1 unspecified atom stereocenters. The molecule has 0 radical (unpaired) electrons. The van der Waals surface area contributed by atoms with Crippen LogP contribution in [0.5, 0.6) is 0 Å². The molecule has 0 saturated heterocycles. The molecule has 0 spiro atoms. The smallest absolute Gasteiger partial charge is 0.191 e. The average Bonchev–Trinajstić information content (AvgIpc) is 2.54. The number of aryl methyl sites for hydroxylation is 2. The van der Waals surface area contributed by atoms with Gasteiger partial charge < -0.3 is 20.3 Å². The minimum atomic E-state index is 0.199. The molecule has 0 saturated carbocycles. The van der Waals surface area contributed by atoms with Gasteiger partial charge in [0.25, 0.3) is 0 Å². The van der Waals surface area contributed by atoms with Crippen LogP contribution in [0, 0.1) is 13.8 Å². The molecule has 5 heteroatoms. The normalized spacial score (nSPS) is 13.2. The Balaban J connectivity index is 2.39. The standard InChI is InChI=1S/C20H36N4O/c1-7-25-19(9-11-24(5)6)15-23-20(21-4)22-10-8-18-13-16(2)12-17(3)14-18/h12-14,19H,7-11,15H2,1-6H3,(H2,21,22,23). The van der Waals surface area contributed by atoms with Gasteiger partial charge in [-0.25, -0.2) is 0 Å². The van der Waals surface area contributed by atoms with E-state index < -0.39 is 0 Å². The molecular weight excluding hydrogens is 312 g/mol. The SMILES string of the molecule is CCOC(CCN(C)C)CNC(=NC)NCCc1cc(C)cc(C)c1. The monoisotopic (exact) mass is 348 g/mol. The van der Waals surface area contributed by atoms with E-state index in [2.05, 4.69) is 66.7 Å². The molecule has 1 atom stereocenters. The summed E-state index contributed by atoms with van der Waals surface area (Å²) in [5, 5.41) is 6.77. The first-order chi connectivity index (χ1) is 11.9. The third kappa shape index (κ3) is 9.46. The third-order valence-corrected chi connectivity index (χ3v) is 4.01. The van der Waals surface area contributed by atoms with E-state index in [0.29, 0.717) is 0 Å². The number of aliphatic imine (C=N–C) groups is 1. The minimum absolute atomic E-state index is 0.199. The van der Waals surface area contributed by atoms with Crippen molar-refractivity contribution in [1.29, 1.82) is 0 Å². The molecule has 0 aliphatic heterocycles. The van der Waals surface area contributed by atoms with Gasteiger partial charge in [0.15, 0.2) is 5.96 Å². The van der Waals surface area contributed by atoms with Crippen LogP contribution in [0.3, 0.4) is 0 Å². The zero-order valence-electron chi connectivity index (χ0n) is 16.9. The van der Waals surface area contributed by atoms with Crippen molar-refractivity contribution < 1.29 is 4.74 Å². The number of benzene rings is 1. The zero-order chi connectivity index (χ0) is 18.7. The largest absolute Gasteiger partial charge is 0.377 e. The molecule has 5 nitrogen and oxygen atoms in total. The predicted molar refractivity (Wildman–Crippen MR) is 108 cm³/mol. The van der Waals surface area contributed by atoms with Crippen molar-refractivity contribution in [2.24, 2.45) is 4.99 Å². The maximum Gasteiger partial charge on any atom is 0.191 e. The Morgan fingerprint density at radius 3 is 2.40 bits per heavy atom. The second-order valence-corrected chi connectivity index (χ2v) is 6.80. The molecule has 1 rings (SSSR count). The predicted octanol–water partition coefficient (Wildman–Crippen LogP) is 2.37. The Bertz CT molecular complexity index is 508. The van der Waals surface area contributed by atoms with Crippen molar-refractivity contribution in [2.45, 2.75) is 39.7 Å². The molecule has 0 bridgehead atoms. The minimum Gasteiger partial charge on any atom is -0.377 e. The number of hydrogen-bond acceptors (Lipinski definition) is 3. The van der Waals surface area contributed by atoms with Crippen molar-refractivity contribution >= 4 is 5.96 Å². The second kappa shape index (κ2) is 11.9. The van der Waals surface area contributed by atoms with Crippen LogP contribution in [0.15, 0.2) is 23.2 Å².